The summed E-state index contributed by atoms with van der Waals surface area (Å²) in [6, 6.07) is 17.0. The zero-order valence-corrected chi connectivity index (χ0v) is 17.1. The topological polar surface area (TPSA) is 85.3 Å². The van der Waals surface area contributed by atoms with E-state index in [1.165, 1.54) is 18.2 Å². The summed E-state index contributed by atoms with van der Waals surface area (Å²) < 4.78 is 37.8. The maximum absolute atomic E-state index is 12.6. The summed E-state index contributed by atoms with van der Waals surface area (Å²) in [5.74, 6) is 0.152. The molecule has 148 valence electrons. The van der Waals surface area contributed by atoms with Gasteiger partial charge in [-0.25, -0.2) is 0 Å². The van der Waals surface area contributed by atoms with Crippen molar-refractivity contribution in [3.63, 3.8) is 0 Å². The van der Waals surface area contributed by atoms with Crippen LogP contribution >= 0.6 is 0 Å². The van der Waals surface area contributed by atoms with Gasteiger partial charge < -0.3 is 8.60 Å². The highest BCUT2D eigenvalue weighted by molar-refractivity contribution is 7.87. The minimum absolute atomic E-state index is 0.0454. The van der Waals surface area contributed by atoms with Gasteiger partial charge in [0.1, 0.15) is 10.6 Å². The van der Waals surface area contributed by atoms with E-state index >= 15 is 0 Å². The van der Waals surface area contributed by atoms with Crippen molar-refractivity contribution >= 4 is 21.2 Å². The summed E-state index contributed by atoms with van der Waals surface area (Å²) >= 11 is 0. The number of hydrogen-bond donors (Lipinski definition) is 1. The largest absolute Gasteiger partial charge is 0.423 e. The van der Waals surface area contributed by atoms with Crippen molar-refractivity contribution in [3.05, 3.63) is 83.0 Å². The van der Waals surface area contributed by atoms with E-state index in [9.17, 15) is 8.42 Å². The fourth-order valence-electron chi connectivity index (χ4n) is 3.33. The standard InChI is InChI=1S/C22H20N2O4S/c1-14-7-10-18(11-8-14)29(25,26)28-17-9-12-20-19(13-17)24(22(23)27-20)21-15(2)5-4-6-16(21)3/h4-13,23H,1-3H3. The smallest absolute Gasteiger partial charge is 0.339 e. The zero-order valence-electron chi connectivity index (χ0n) is 16.3. The first-order valence-electron chi connectivity index (χ1n) is 9.04. The van der Waals surface area contributed by atoms with E-state index in [1.807, 2.05) is 39.0 Å². The number of nitrogens with one attached hydrogen (secondary N) is 1. The Labute approximate surface area is 168 Å². The molecule has 0 unspecified atom stereocenters. The molecule has 0 bridgehead atoms. The lowest BCUT2D eigenvalue weighted by molar-refractivity contribution is 0.486. The molecule has 1 heterocycles. The number of hydrogen-bond acceptors (Lipinski definition) is 5. The third-order valence-electron chi connectivity index (χ3n) is 4.76. The Hall–Kier alpha value is -3.32. The number of nitrogens with zero attached hydrogens (tertiary/aromatic N) is 1. The molecule has 3 aromatic carbocycles. The third-order valence-corrected chi connectivity index (χ3v) is 6.02. The maximum atomic E-state index is 12.6. The highest BCUT2D eigenvalue weighted by Gasteiger charge is 2.19. The van der Waals surface area contributed by atoms with Crippen LogP contribution in [0.1, 0.15) is 16.7 Å². The van der Waals surface area contributed by atoms with Crippen molar-refractivity contribution in [1.82, 2.24) is 4.57 Å². The van der Waals surface area contributed by atoms with Crippen molar-refractivity contribution in [2.75, 3.05) is 0 Å². The van der Waals surface area contributed by atoms with Crippen LogP contribution in [0.2, 0.25) is 0 Å². The van der Waals surface area contributed by atoms with Gasteiger partial charge in [0.25, 0.3) is 5.68 Å². The van der Waals surface area contributed by atoms with Crippen LogP contribution in [0.3, 0.4) is 0 Å². The van der Waals surface area contributed by atoms with E-state index in [1.54, 1.807) is 28.8 Å². The number of oxazole rings is 1. The Balaban J connectivity index is 1.83. The van der Waals surface area contributed by atoms with Gasteiger partial charge in [-0.05, 0) is 56.2 Å². The quantitative estimate of drug-likeness (QED) is 0.507. The van der Waals surface area contributed by atoms with Crippen LogP contribution in [-0.2, 0) is 10.1 Å². The van der Waals surface area contributed by atoms with Crippen LogP contribution in [0.4, 0.5) is 0 Å². The van der Waals surface area contributed by atoms with Gasteiger partial charge in [0.2, 0.25) is 0 Å². The van der Waals surface area contributed by atoms with E-state index in [4.69, 9.17) is 14.0 Å². The molecule has 29 heavy (non-hydrogen) atoms. The van der Waals surface area contributed by atoms with Crippen molar-refractivity contribution in [2.45, 2.75) is 25.7 Å². The number of para-hydroxylation sites is 1. The van der Waals surface area contributed by atoms with Gasteiger partial charge in [0.05, 0.1) is 11.2 Å². The molecule has 0 aliphatic heterocycles. The van der Waals surface area contributed by atoms with Crippen LogP contribution in [0.5, 0.6) is 5.75 Å². The first-order chi connectivity index (χ1) is 13.8. The first-order valence-corrected chi connectivity index (χ1v) is 10.4. The van der Waals surface area contributed by atoms with Crippen LogP contribution in [0.25, 0.3) is 16.8 Å². The molecule has 1 N–H and O–H groups in total. The molecule has 0 spiro atoms. The number of benzene rings is 3. The fraction of sp³-hybridized carbons (Fsp3) is 0.136. The Morgan fingerprint density at radius 3 is 2.24 bits per heavy atom. The Bertz CT molecular complexity index is 1360. The van der Waals surface area contributed by atoms with Gasteiger partial charge in [-0.2, -0.15) is 8.42 Å². The minimum atomic E-state index is -3.97. The summed E-state index contributed by atoms with van der Waals surface area (Å²) in [6.07, 6.45) is 0. The number of aromatic nitrogens is 1. The van der Waals surface area contributed by atoms with Gasteiger partial charge in [-0.15, -0.1) is 0 Å². The third kappa shape index (κ3) is 3.45. The van der Waals surface area contributed by atoms with Crippen LogP contribution < -0.4 is 9.87 Å². The molecule has 0 aliphatic carbocycles. The molecule has 7 heteroatoms. The predicted octanol–water partition coefficient (Wildman–Crippen LogP) is 4.40. The lowest BCUT2D eigenvalue weighted by Crippen LogP contribution is -2.14. The number of rotatable bonds is 4. The van der Waals surface area contributed by atoms with Crippen molar-refractivity contribution in [2.24, 2.45) is 0 Å². The normalized spacial score (nSPS) is 11.7. The molecule has 4 aromatic rings. The molecule has 0 aliphatic rings. The number of fused-ring (bicyclic) bond motifs is 1. The molecule has 0 amide bonds. The Morgan fingerprint density at radius 1 is 0.931 bits per heavy atom. The SMILES string of the molecule is Cc1ccc(S(=O)(=O)Oc2ccc3oc(=N)n(-c4c(C)cccc4C)c3c2)cc1. The van der Waals surface area contributed by atoms with Gasteiger partial charge in [-0.3, -0.25) is 9.98 Å². The first kappa shape index (κ1) is 19.0. The number of aryl methyl sites for hydroxylation is 3. The van der Waals surface area contributed by atoms with Gasteiger partial charge in [0, 0.05) is 6.07 Å². The van der Waals surface area contributed by atoms with E-state index in [-0.39, 0.29) is 16.3 Å². The molecule has 1 aromatic heterocycles. The van der Waals surface area contributed by atoms with Crippen molar-refractivity contribution < 1.29 is 17.0 Å². The summed E-state index contributed by atoms with van der Waals surface area (Å²) in [5.41, 5.74) is 4.73. The van der Waals surface area contributed by atoms with Crippen molar-refractivity contribution in [3.8, 4) is 11.4 Å². The highest BCUT2D eigenvalue weighted by Crippen LogP contribution is 2.27. The summed E-state index contributed by atoms with van der Waals surface area (Å²) in [6.45, 7) is 5.79. The van der Waals surface area contributed by atoms with Crippen molar-refractivity contribution in [1.29, 1.82) is 5.41 Å². The van der Waals surface area contributed by atoms with Gasteiger partial charge in [-0.1, -0.05) is 35.9 Å². The summed E-state index contributed by atoms with van der Waals surface area (Å²) in [4.78, 5) is 0.0826. The van der Waals surface area contributed by atoms with E-state index < -0.39 is 10.1 Å². The molecule has 0 saturated carbocycles. The van der Waals surface area contributed by atoms with E-state index in [2.05, 4.69) is 0 Å². The average Bonchev–Trinajstić information content (AvgIpc) is 2.97. The average molecular weight is 408 g/mol. The summed E-state index contributed by atoms with van der Waals surface area (Å²) in [5, 5.41) is 8.27. The predicted molar refractivity (Wildman–Crippen MR) is 110 cm³/mol. The molecular formula is C22H20N2O4S. The molecule has 0 radical (unpaired) electrons. The Morgan fingerprint density at radius 2 is 1.59 bits per heavy atom. The maximum Gasteiger partial charge on any atom is 0.339 e. The van der Waals surface area contributed by atoms with Crippen LogP contribution in [0, 0.1) is 26.2 Å². The van der Waals surface area contributed by atoms with Crippen LogP contribution in [-0.4, -0.2) is 13.0 Å². The lowest BCUT2D eigenvalue weighted by Gasteiger charge is -2.11. The Kier molecular flexibility index (Phi) is 4.55. The molecule has 0 atom stereocenters. The fourth-order valence-corrected chi connectivity index (χ4v) is 4.25. The van der Waals surface area contributed by atoms with Gasteiger partial charge >= 0.3 is 10.1 Å². The molecule has 4 rings (SSSR count). The monoisotopic (exact) mass is 408 g/mol. The summed E-state index contributed by atoms with van der Waals surface area (Å²) in [7, 11) is -3.97. The minimum Gasteiger partial charge on any atom is -0.423 e. The molecule has 0 saturated heterocycles. The highest BCUT2D eigenvalue weighted by atomic mass is 32.2. The van der Waals surface area contributed by atoms with Crippen LogP contribution in [0.15, 0.2) is 70.0 Å². The second kappa shape index (κ2) is 6.93. The zero-order chi connectivity index (χ0) is 20.8. The van der Waals surface area contributed by atoms with E-state index in [0.29, 0.717) is 11.1 Å². The molecule has 6 nitrogen and oxygen atoms in total. The van der Waals surface area contributed by atoms with E-state index in [0.717, 1.165) is 22.4 Å². The van der Waals surface area contributed by atoms with Gasteiger partial charge in [0.15, 0.2) is 5.58 Å². The molecular weight excluding hydrogens is 388 g/mol. The second-order valence-corrected chi connectivity index (χ2v) is 8.51. The lowest BCUT2D eigenvalue weighted by atomic mass is 10.1. The second-order valence-electron chi connectivity index (χ2n) is 6.96. The molecule has 0 fully saturated rings.